The van der Waals surface area contributed by atoms with Crippen LogP contribution in [0.15, 0.2) is 78.9 Å². The minimum atomic E-state index is -0.254. The zero-order valence-electron chi connectivity index (χ0n) is 18.0. The first-order valence-corrected chi connectivity index (χ1v) is 10.3. The molecule has 3 aromatic carbocycles. The minimum Gasteiger partial charge on any atom is -0.376 e. The highest BCUT2D eigenvalue weighted by molar-refractivity contribution is 5.98. The normalized spacial score (nSPS) is 11.2. The highest BCUT2D eigenvalue weighted by Crippen LogP contribution is 2.15. The van der Waals surface area contributed by atoms with Crippen LogP contribution in [0.1, 0.15) is 39.2 Å². The highest BCUT2D eigenvalue weighted by Gasteiger charge is 2.12. The molecule has 1 unspecified atom stereocenters. The molecule has 0 aliphatic heterocycles. The van der Waals surface area contributed by atoms with Crippen molar-refractivity contribution in [1.29, 1.82) is 0 Å². The van der Waals surface area contributed by atoms with Gasteiger partial charge in [-0.1, -0.05) is 36.4 Å². The van der Waals surface area contributed by atoms with Crippen molar-refractivity contribution in [2.45, 2.75) is 13.0 Å². The minimum absolute atomic E-state index is 0.0424. The molecule has 0 bridgehead atoms. The monoisotopic (exact) mass is 430 g/mol. The van der Waals surface area contributed by atoms with E-state index in [1.54, 1.807) is 55.6 Å². The standard InChI is InChI=1S/C25H26N4O3/c1-17(18-7-4-3-5-8-18)28-25(32)20-9-6-10-22(15-20)29-23(30)16-27-21-13-11-19(12-14-21)24(31)26-2/h3-15,17,27H,16H2,1-2H3,(H,26,31)(H,28,32)(H,29,30). The van der Waals surface area contributed by atoms with Crippen LogP contribution in [0.2, 0.25) is 0 Å². The molecule has 7 nitrogen and oxygen atoms in total. The van der Waals surface area contributed by atoms with Crippen molar-refractivity contribution in [1.82, 2.24) is 10.6 Å². The fourth-order valence-corrected chi connectivity index (χ4v) is 3.11. The third-order valence-electron chi connectivity index (χ3n) is 4.88. The van der Waals surface area contributed by atoms with Gasteiger partial charge in [0.25, 0.3) is 11.8 Å². The van der Waals surface area contributed by atoms with E-state index in [-0.39, 0.29) is 30.3 Å². The summed E-state index contributed by atoms with van der Waals surface area (Å²) < 4.78 is 0. The average Bonchev–Trinajstić information content (AvgIpc) is 2.83. The van der Waals surface area contributed by atoms with Crippen LogP contribution in [0.25, 0.3) is 0 Å². The van der Waals surface area contributed by atoms with Crippen LogP contribution in [0.5, 0.6) is 0 Å². The van der Waals surface area contributed by atoms with Gasteiger partial charge in [-0.25, -0.2) is 0 Å². The molecule has 0 radical (unpaired) electrons. The molecule has 1 atom stereocenters. The summed E-state index contributed by atoms with van der Waals surface area (Å²) in [4.78, 5) is 36.5. The van der Waals surface area contributed by atoms with E-state index in [2.05, 4.69) is 21.3 Å². The zero-order valence-corrected chi connectivity index (χ0v) is 18.0. The van der Waals surface area contributed by atoms with E-state index in [1.165, 1.54) is 0 Å². The van der Waals surface area contributed by atoms with Crippen molar-refractivity contribution in [3.8, 4) is 0 Å². The molecule has 0 aromatic heterocycles. The number of rotatable bonds is 8. The van der Waals surface area contributed by atoms with Gasteiger partial charge in [-0.05, 0) is 55.0 Å². The van der Waals surface area contributed by atoms with Crippen LogP contribution in [-0.4, -0.2) is 31.3 Å². The second kappa shape index (κ2) is 10.8. The molecule has 3 aromatic rings. The predicted octanol–water partition coefficient (Wildman–Crippen LogP) is 3.59. The van der Waals surface area contributed by atoms with Crippen LogP contribution in [0.4, 0.5) is 11.4 Å². The zero-order chi connectivity index (χ0) is 22.9. The third kappa shape index (κ3) is 6.18. The molecule has 0 spiro atoms. The summed E-state index contributed by atoms with van der Waals surface area (Å²) in [6.07, 6.45) is 0. The average molecular weight is 431 g/mol. The molecule has 4 N–H and O–H groups in total. The van der Waals surface area contributed by atoms with E-state index in [9.17, 15) is 14.4 Å². The lowest BCUT2D eigenvalue weighted by Crippen LogP contribution is -2.27. The fraction of sp³-hybridized carbons (Fsp3) is 0.160. The quantitative estimate of drug-likeness (QED) is 0.439. The Morgan fingerprint density at radius 2 is 1.50 bits per heavy atom. The topological polar surface area (TPSA) is 99.3 Å². The Bertz CT molecular complexity index is 1080. The molecule has 0 saturated heterocycles. The van der Waals surface area contributed by atoms with E-state index in [4.69, 9.17) is 0 Å². The van der Waals surface area contributed by atoms with Crippen LogP contribution < -0.4 is 21.3 Å². The SMILES string of the molecule is CNC(=O)c1ccc(NCC(=O)Nc2cccc(C(=O)NC(C)c3ccccc3)c2)cc1. The van der Waals surface area contributed by atoms with E-state index in [1.807, 2.05) is 37.3 Å². The summed E-state index contributed by atoms with van der Waals surface area (Å²) in [5.74, 6) is -0.640. The lowest BCUT2D eigenvalue weighted by molar-refractivity contribution is -0.114. The first kappa shape index (κ1) is 22.6. The van der Waals surface area contributed by atoms with Gasteiger partial charge in [0.2, 0.25) is 5.91 Å². The third-order valence-corrected chi connectivity index (χ3v) is 4.88. The second-order valence-corrected chi connectivity index (χ2v) is 7.24. The Balaban J connectivity index is 1.54. The largest absolute Gasteiger partial charge is 0.376 e. The van der Waals surface area contributed by atoms with Gasteiger partial charge in [-0.2, -0.15) is 0 Å². The molecule has 7 heteroatoms. The first-order chi connectivity index (χ1) is 15.5. The number of nitrogens with one attached hydrogen (secondary N) is 4. The first-order valence-electron chi connectivity index (χ1n) is 10.3. The molecule has 3 rings (SSSR count). The number of benzene rings is 3. The summed E-state index contributed by atoms with van der Waals surface area (Å²) in [6.45, 7) is 1.96. The van der Waals surface area contributed by atoms with E-state index >= 15 is 0 Å². The highest BCUT2D eigenvalue weighted by atomic mass is 16.2. The molecule has 164 valence electrons. The molecular weight excluding hydrogens is 404 g/mol. The Labute approximate surface area is 187 Å². The molecule has 0 heterocycles. The van der Waals surface area contributed by atoms with Gasteiger partial charge in [0, 0.05) is 29.5 Å². The molecule has 0 aliphatic rings. The Hall–Kier alpha value is -4.13. The maximum absolute atomic E-state index is 12.6. The summed E-state index contributed by atoms with van der Waals surface area (Å²) >= 11 is 0. The van der Waals surface area contributed by atoms with Gasteiger partial charge < -0.3 is 21.3 Å². The maximum Gasteiger partial charge on any atom is 0.251 e. The maximum atomic E-state index is 12.6. The van der Waals surface area contributed by atoms with Crippen molar-refractivity contribution < 1.29 is 14.4 Å². The summed E-state index contributed by atoms with van der Waals surface area (Å²) in [6, 6.07) is 23.2. The number of hydrogen-bond donors (Lipinski definition) is 4. The smallest absolute Gasteiger partial charge is 0.251 e. The van der Waals surface area contributed by atoms with Crippen LogP contribution in [0, 0.1) is 0 Å². The number of carbonyl (C=O) groups excluding carboxylic acids is 3. The van der Waals surface area contributed by atoms with E-state index in [0.717, 1.165) is 11.3 Å². The van der Waals surface area contributed by atoms with Crippen molar-refractivity contribution >= 4 is 29.1 Å². The summed E-state index contributed by atoms with van der Waals surface area (Å²) in [7, 11) is 1.57. The van der Waals surface area contributed by atoms with Gasteiger partial charge in [0.1, 0.15) is 0 Å². The molecule has 0 aliphatic carbocycles. The van der Waals surface area contributed by atoms with Crippen LogP contribution >= 0.6 is 0 Å². The van der Waals surface area contributed by atoms with Crippen LogP contribution in [0.3, 0.4) is 0 Å². The lowest BCUT2D eigenvalue weighted by atomic mass is 10.1. The Morgan fingerprint density at radius 3 is 2.19 bits per heavy atom. The fourth-order valence-electron chi connectivity index (χ4n) is 3.11. The Morgan fingerprint density at radius 1 is 0.781 bits per heavy atom. The van der Waals surface area contributed by atoms with Crippen molar-refractivity contribution in [3.05, 3.63) is 95.6 Å². The number of carbonyl (C=O) groups is 3. The van der Waals surface area contributed by atoms with Gasteiger partial charge in [0.05, 0.1) is 12.6 Å². The van der Waals surface area contributed by atoms with Crippen molar-refractivity contribution in [2.24, 2.45) is 0 Å². The number of anilines is 2. The van der Waals surface area contributed by atoms with Gasteiger partial charge in [-0.15, -0.1) is 0 Å². The Kier molecular flexibility index (Phi) is 7.59. The molecular formula is C25H26N4O3. The summed E-state index contributed by atoms with van der Waals surface area (Å²) in [5.41, 5.74) is 3.27. The molecule has 0 fully saturated rings. The van der Waals surface area contributed by atoms with Gasteiger partial charge in [-0.3, -0.25) is 14.4 Å². The molecule has 0 saturated carbocycles. The van der Waals surface area contributed by atoms with E-state index < -0.39 is 0 Å². The van der Waals surface area contributed by atoms with Crippen molar-refractivity contribution in [2.75, 3.05) is 24.2 Å². The number of hydrogen-bond acceptors (Lipinski definition) is 4. The lowest BCUT2D eigenvalue weighted by Gasteiger charge is -2.15. The predicted molar refractivity (Wildman–Crippen MR) is 126 cm³/mol. The van der Waals surface area contributed by atoms with Gasteiger partial charge >= 0.3 is 0 Å². The summed E-state index contributed by atoms with van der Waals surface area (Å²) in [5, 5.41) is 11.3. The second-order valence-electron chi connectivity index (χ2n) is 7.24. The number of amides is 3. The van der Waals surface area contributed by atoms with Crippen LogP contribution in [-0.2, 0) is 4.79 Å². The van der Waals surface area contributed by atoms with Gasteiger partial charge in [0.15, 0.2) is 0 Å². The van der Waals surface area contributed by atoms with Crippen molar-refractivity contribution in [3.63, 3.8) is 0 Å². The van der Waals surface area contributed by atoms with E-state index in [0.29, 0.717) is 16.8 Å². The molecule has 32 heavy (non-hydrogen) atoms. The molecule has 3 amide bonds.